The van der Waals surface area contributed by atoms with Gasteiger partial charge in [0, 0.05) is 12.2 Å². The summed E-state index contributed by atoms with van der Waals surface area (Å²) >= 11 is 5.41. The fourth-order valence-corrected chi connectivity index (χ4v) is 1.50. The van der Waals surface area contributed by atoms with Gasteiger partial charge in [0.25, 0.3) is 0 Å². The molecule has 0 aliphatic carbocycles. The number of nitrogens with two attached hydrogens (primary N) is 1. The lowest BCUT2D eigenvalue weighted by Crippen LogP contribution is -2.39. The van der Waals surface area contributed by atoms with E-state index in [0.29, 0.717) is 11.7 Å². The van der Waals surface area contributed by atoms with Gasteiger partial charge < -0.3 is 16.0 Å². The van der Waals surface area contributed by atoms with Crippen molar-refractivity contribution in [3.05, 3.63) is 11.9 Å². The molecule has 0 amide bonds. The molecule has 0 radical (unpaired) electrons. The van der Waals surface area contributed by atoms with Gasteiger partial charge in [-0.25, -0.2) is 0 Å². The van der Waals surface area contributed by atoms with Crippen molar-refractivity contribution in [1.82, 2.24) is 10.2 Å². The first-order valence-corrected chi connectivity index (χ1v) is 5.12. The summed E-state index contributed by atoms with van der Waals surface area (Å²) in [7, 11) is 2.12. The Kier molecular flexibility index (Phi) is 4.22. The molecular formula is C9H17ClN4. The fraction of sp³-hybridized carbons (Fsp3) is 0.667. The summed E-state index contributed by atoms with van der Waals surface area (Å²) in [4.78, 5) is 2.30. The van der Waals surface area contributed by atoms with Gasteiger partial charge in [-0.1, -0.05) is 11.6 Å². The van der Waals surface area contributed by atoms with Gasteiger partial charge in [-0.15, -0.1) is 0 Å². The average Bonchev–Trinajstić information content (AvgIpc) is 2.16. The minimum atomic E-state index is -0.106. The third-order valence-corrected chi connectivity index (χ3v) is 2.66. The molecule has 1 fully saturated rings. The van der Waals surface area contributed by atoms with Gasteiger partial charge in [0.05, 0.1) is 5.70 Å². The van der Waals surface area contributed by atoms with E-state index in [-0.39, 0.29) is 5.17 Å². The molecule has 0 bridgehead atoms. The minimum absolute atomic E-state index is 0.106. The van der Waals surface area contributed by atoms with Gasteiger partial charge in [-0.3, -0.25) is 5.41 Å². The molecule has 1 rings (SSSR count). The highest BCUT2D eigenvalue weighted by Gasteiger charge is 2.14. The Bertz CT molecular complexity index is 231. The molecule has 80 valence electrons. The van der Waals surface area contributed by atoms with Crippen molar-refractivity contribution in [2.45, 2.75) is 18.9 Å². The third-order valence-electron chi connectivity index (χ3n) is 2.45. The van der Waals surface area contributed by atoms with E-state index in [9.17, 15) is 0 Å². The van der Waals surface area contributed by atoms with Crippen LogP contribution in [-0.4, -0.2) is 36.2 Å². The first-order valence-electron chi connectivity index (χ1n) is 4.74. The van der Waals surface area contributed by atoms with Crippen LogP contribution in [0.25, 0.3) is 0 Å². The largest absolute Gasteiger partial charge is 0.395 e. The number of hydrogen-bond donors (Lipinski definition) is 3. The minimum Gasteiger partial charge on any atom is -0.395 e. The molecule has 0 aromatic rings. The molecule has 5 heteroatoms. The Morgan fingerprint density at radius 2 is 2.14 bits per heavy atom. The van der Waals surface area contributed by atoms with Gasteiger partial charge >= 0.3 is 0 Å². The normalized spacial score (nSPS) is 20.9. The SMILES string of the molecule is CN1CCC(N/C=C(/N)C(=N)Cl)CC1. The number of nitrogens with one attached hydrogen (secondary N) is 2. The summed E-state index contributed by atoms with van der Waals surface area (Å²) in [6.07, 6.45) is 3.84. The topological polar surface area (TPSA) is 65.1 Å². The summed E-state index contributed by atoms with van der Waals surface area (Å²) in [6.45, 7) is 2.20. The Balaban J connectivity index is 2.32. The smallest absolute Gasteiger partial charge is 0.145 e. The van der Waals surface area contributed by atoms with E-state index >= 15 is 0 Å². The molecule has 14 heavy (non-hydrogen) atoms. The maximum Gasteiger partial charge on any atom is 0.145 e. The summed E-state index contributed by atoms with van der Waals surface area (Å²) < 4.78 is 0. The van der Waals surface area contributed by atoms with Crippen LogP contribution in [0.15, 0.2) is 11.9 Å². The molecule has 1 aliphatic rings. The summed E-state index contributed by atoms with van der Waals surface area (Å²) in [5, 5.41) is 10.2. The van der Waals surface area contributed by atoms with Crippen molar-refractivity contribution in [2.75, 3.05) is 20.1 Å². The number of piperidine rings is 1. The monoisotopic (exact) mass is 216 g/mol. The zero-order valence-electron chi connectivity index (χ0n) is 8.39. The van der Waals surface area contributed by atoms with Crippen LogP contribution in [0.4, 0.5) is 0 Å². The first kappa shape index (κ1) is 11.3. The lowest BCUT2D eigenvalue weighted by molar-refractivity contribution is 0.244. The van der Waals surface area contributed by atoms with Crippen molar-refractivity contribution in [2.24, 2.45) is 5.73 Å². The van der Waals surface area contributed by atoms with Crippen molar-refractivity contribution in [1.29, 1.82) is 5.41 Å². The van der Waals surface area contributed by atoms with E-state index in [1.165, 1.54) is 0 Å². The van der Waals surface area contributed by atoms with Crippen molar-refractivity contribution >= 4 is 16.8 Å². The number of halogens is 1. The highest BCUT2D eigenvalue weighted by atomic mass is 35.5. The maximum absolute atomic E-state index is 7.07. The number of allylic oxidation sites excluding steroid dienone is 1. The van der Waals surface area contributed by atoms with Crippen LogP contribution in [-0.2, 0) is 0 Å². The zero-order chi connectivity index (χ0) is 10.6. The number of nitrogens with zero attached hydrogens (tertiary/aromatic N) is 1. The second kappa shape index (κ2) is 5.22. The van der Waals surface area contributed by atoms with Crippen LogP contribution in [0.5, 0.6) is 0 Å². The Morgan fingerprint density at radius 3 is 2.64 bits per heavy atom. The van der Waals surface area contributed by atoms with Crippen LogP contribution in [0.2, 0.25) is 0 Å². The second-order valence-corrected chi connectivity index (χ2v) is 4.04. The van der Waals surface area contributed by atoms with Crippen molar-refractivity contribution in [3.63, 3.8) is 0 Å². The van der Waals surface area contributed by atoms with Gasteiger partial charge in [0.2, 0.25) is 0 Å². The average molecular weight is 217 g/mol. The number of likely N-dealkylation sites (tertiary alicyclic amines) is 1. The molecule has 1 aliphatic heterocycles. The lowest BCUT2D eigenvalue weighted by Gasteiger charge is -2.29. The molecule has 0 saturated carbocycles. The maximum atomic E-state index is 7.07. The predicted molar refractivity (Wildman–Crippen MR) is 59.5 cm³/mol. The zero-order valence-corrected chi connectivity index (χ0v) is 9.14. The molecule has 0 atom stereocenters. The molecular weight excluding hydrogens is 200 g/mol. The summed E-state index contributed by atoms with van der Waals surface area (Å²) in [6, 6.07) is 0.459. The molecule has 1 heterocycles. The molecule has 4 nitrogen and oxygen atoms in total. The van der Waals surface area contributed by atoms with Gasteiger partial charge in [0.1, 0.15) is 5.17 Å². The Morgan fingerprint density at radius 1 is 1.57 bits per heavy atom. The Labute approximate surface area is 89.6 Å². The van der Waals surface area contributed by atoms with E-state index in [1.54, 1.807) is 6.20 Å². The van der Waals surface area contributed by atoms with Crippen molar-refractivity contribution < 1.29 is 0 Å². The fourth-order valence-electron chi connectivity index (χ4n) is 1.45. The second-order valence-electron chi connectivity index (χ2n) is 3.66. The summed E-state index contributed by atoms with van der Waals surface area (Å²) in [5.74, 6) is 0. The highest BCUT2D eigenvalue weighted by molar-refractivity contribution is 6.68. The third kappa shape index (κ3) is 3.55. The van der Waals surface area contributed by atoms with Crippen LogP contribution in [0.1, 0.15) is 12.8 Å². The number of hydrogen-bond acceptors (Lipinski definition) is 4. The van der Waals surface area contributed by atoms with Crippen molar-refractivity contribution in [3.8, 4) is 0 Å². The summed E-state index contributed by atoms with van der Waals surface area (Å²) in [5.41, 5.74) is 5.79. The number of rotatable bonds is 3. The van der Waals surface area contributed by atoms with Gasteiger partial charge in [-0.05, 0) is 33.0 Å². The quantitative estimate of drug-likeness (QED) is 0.609. The lowest BCUT2D eigenvalue weighted by atomic mass is 10.1. The van der Waals surface area contributed by atoms with E-state index in [0.717, 1.165) is 25.9 Å². The van der Waals surface area contributed by atoms with E-state index < -0.39 is 0 Å². The molecule has 0 spiro atoms. The predicted octanol–water partition coefficient (Wildman–Crippen LogP) is 0.686. The highest BCUT2D eigenvalue weighted by Crippen LogP contribution is 2.08. The van der Waals surface area contributed by atoms with Gasteiger partial charge in [0.15, 0.2) is 0 Å². The van der Waals surface area contributed by atoms with Crippen LogP contribution < -0.4 is 11.1 Å². The molecule has 0 unspecified atom stereocenters. The van der Waals surface area contributed by atoms with Crippen LogP contribution >= 0.6 is 11.6 Å². The van der Waals surface area contributed by atoms with E-state index in [1.807, 2.05) is 0 Å². The first-order chi connectivity index (χ1) is 6.59. The van der Waals surface area contributed by atoms with E-state index in [4.69, 9.17) is 22.7 Å². The standard InChI is InChI=1S/C9H17ClN4/c1-14-4-2-7(3-5-14)13-6-8(11)9(10)12/h6-7,12-13H,2-5,11H2,1H3/b8-6+,12-9?. The molecule has 0 aromatic heterocycles. The molecule has 0 aromatic carbocycles. The molecule has 1 saturated heterocycles. The van der Waals surface area contributed by atoms with Gasteiger partial charge in [-0.2, -0.15) is 0 Å². The molecule has 4 N–H and O–H groups in total. The van der Waals surface area contributed by atoms with Crippen LogP contribution in [0.3, 0.4) is 0 Å². The van der Waals surface area contributed by atoms with Crippen LogP contribution in [0, 0.1) is 5.41 Å². The Hall–Kier alpha value is -0.740. The van der Waals surface area contributed by atoms with E-state index in [2.05, 4.69) is 17.3 Å².